The molecule has 0 saturated carbocycles. The Kier molecular flexibility index (Phi) is 4.55. The molecule has 0 saturated heterocycles. The van der Waals surface area contributed by atoms with Gasteiger partial charge in [-0.25, -0.2) is 0 Å². The minimum atomic E-state index is 0.157. The summed E-state index contributed by atoms with van der Waals surface area (Å²) in [5.41, 5.74) is 7.61. The van der Waals surface area contributed by atoms with Crippen LogP contribution in [0.1, 0.15) is 5.56 Å². The zero-order chi connectivity index (χ0) is 16.2. The van der Waals surface area contributed by atoms with E-state index < -0.39 is 0 Å². The normalized spacial score (nSPS) is 10.5. The van der Waals surface area contributed by atoms with Gasteiger partial charge >= 0.3 is 0 Å². The van der Waals surface area contributed by atoms with E-state index in [1.807, 2.05) is 42.5 Å². The lowest BCUT2D eigenvalue weighted by molar-refractivity contribution is 0.940. The first-order chi connectivity index (χ1) is 11.1. The number of nitrogen functional groups attached to an aromatic ring is 1. The van der Waals surface area contributed by atoms with Crippen LogP contribution in [0.25, 0.3) is 0 Å². The number of nitrogens with zero attached hydrogens (tertiary/aromatic N) is 3. The summed E-state index contributed by atoms with van der Waals surface area (Å²) < 4.78 is 1.54. The molecule has 3 N–H and O–H groups in total. The SMILES string of the molecule is Nc1nc(Nc2cccc(Cl)c2)n(C(=S)Cc2ccccc2)n1. The molecule has 0 aliphatic heterocycles. The van der Waals surface area contributed by atoms with Crippen LogP contribution in [0.4, 0.5) is 17.6 Å². The summed E-state index contributed by atoms with van der Waals surface area (Å²) in [6, 6.07) is 17.2. The van der Waals surface area contributed by atoms with E-state index in [4.69, 9.17) is 29.6 Å². The van der Waals surface area contributed by atoms with E-state index in [1.54, 1.807) is 16.8 Å². The van der Waals surface area contributed by atoms with E-state index in [2.05, 4.69) is 15.4 Å². The Morgan fingerprint density at radius 2 is 1.96 bits per heavy atom. The average Bonchev–Trinajstić information content (AvgIpc) is 2.89. The second-order valence-electron chi connectivity index (χ2n) is 4.90. The van der Waals surface area contributed by atoms with Crippen LogP contribution in [0, 0.1) is 0 Å². The lowest BCUT2D eigenvalue weighted by Gasteiger charge is -2.09. The third kappa shape index (κ3) is 3.85. The van der Waals surface area contributed by atoms with E-state index in [1.165, 1.54) is 0 Å². The van der Waals surface area contributed by atoms with Crippen molar-refractivity contribution in [2.24, 2.45) is 0 Å². The molecule has 23 heavy (non-hydrogen) atoms. The van der Waals surface area contributed by atoms with Gasteiger partial charge in [0.2, 0.25) is 11.9 Å². The monoisotopic (exact) mass is 343 g/mol. The van der Waals surface area contributed by atoms with Crippen LogP contribution in [0.15, 0.2) is 54.6 Å². The fourth-order valence-corrected chi connectivity index (χ4v) is 2.61. The third-order valence-corrected chi connectivity index (χ3v) is 3.69. The fraction of sp³-hybridized carbons (Fsp3) is 0.0625. The maximum atomic E-state index is 5.99. The van der Waals surface area contributed by atoms with Crippen LogP contribution in [-0.4, -0.2) is 19.8 Å². The standard InChI is InChI=1S/C16H14ClN5S/c17-12-7-4-8-13(10-12)19-16-20-15(18)21-22(16)14(23)9-11-5-2-1-3-6-11/h1-8,10H,9H2,(H3,18,19,20,21). The van der Waals surface area contributed by atoms with Gasteiger partial charge in [0.05, 0.1) is 0 Å². The van der Waals surface area contributed by atoms with Gasteiger partial charge in [-0.1, -0.05) is 60.2 Å². The number of nitrogens with one attached hydrogen (secondary N) is 1. The lowest BCUT2D eigenvalue weighted by atomic mass is 10.1. The number of rotatable bonds is 4. The van der Waals surface area contributed by atoms with Crippen LogP contribution in [0.2, 0.25) is 5.02 Å². The molecule has 1 heterocycles. The Balaban J connectivity index is 1.84. The maximum Gasteiger partial charge on any atom is 0.241 e. The molecule has 5 nitrogen and oxygen atoms in total. The first-order valence-corrected chi connectivity index (χ1v) is 7.73. The van der Waals surface area contributed by atoms with Crippen molar-refractivity contribution in [3.05, 3.63) is 65.2 Å². The summed E-state index contributed by atoms with van der Waals surface area (Å²) in [7, 11) is 0. The molecule has 0 bridgehead atoms. The van der Waals surface area contributed by atoms with Crippen molar-refractivity contribution in [1.29, 1.82) is 0 Å². The van der Waals surface area contributed by atoms with Crippen LogP contribution >= 0.6 is 23.8 Å². The van der Waals surface area contributed by atoms with E-state index in [0.29, 0.717) is 22.4 Å². The van der Waals surface area contributed by atoms with Gasteiger partial charge in [0.1, 0.15) is 4.99 Å². The summed E-state index contributed by atoms with van der Waals surface area (Å²) in [4.78, 5) is 4.79. The molecule has 7 heteroatoms. The number of hydrogen-bond acceptors (Lipinski definition) is 5. The zero-order valence-corrected chi connectivity index (χ0v) is 13.7. The molecular formula is C16H14ClN5S. The number of thiocarbonyl (C=S) groups is 1. The number of hydrogen-bond donors (Lipinski definition) is 2. The summed E-state index contributed by atoms with van der Waals surface area (Å²) in [6.07, 6.45) is 0.573. The van der Waals surface area contributed by atoms with Crippen molar-refractivity contribution >= 4 is 46.4 Å². The highest BCUT2D eigenvalue weighted by Gasteiger charge is 2.13. The summed E-state index contributed by atoms with van der Waals surface area (Å²) in [5.74, 6) is 0.621. The molecule has 0 amide bonds. The number of aromatic nitrogens is 3. The molecular weight excluding hydrogens is 330 g/mol. The molecule has 0 radical (unpaired) electrons. The van der Waals surface area contributed by atoms with Gasteiger partial charge in [0, 0.05) is 17.1 Å². The quantitative estimate of drug-likeness (QED) is 0.707. The molecule has 0 unspecified atom stereocenters. The molecule has 0 fully saturated rings. The number of benzene rings is 2. The molecule has 3 rings (SSSR count). The fourth-order valence-electron chi connectivity index (χ4n) is 2.12. The van der Waals surface area contributed by atoms with Gasteiger partial charge in [-0.15, -0.1) is 5.10 Å². The number of nitrogens with two attached hydrogens (primary N) is 1. The molecule has 3 aromatic rings. The van der Waals surface area contributed by atoms with Crippen molar-refractivity contribution in [3.63, 3.8) is 0 Å². The Hall–Kier alpha value is -2.44. The zero-order valence-electron chi connectivity index (χ0n) is 12.1. The molecule has 2 aromatic carbocycles. The van der Waals surface area contributed by atoms with Crippen molar-refractivity contribution in [3.8, 4) is 0 Å². The maximum absolute atomic E-state index is 5.99. The first kappa shape index (κ1) is 15.5. The first-order valence-electron chi connectivity index (χ1n) is 6.94. The van der Waals surface area contributed by atoms with Crippen molar-refractivity contribution in [2.75, 3.05) is 11.1 Å². The number of anilines is 3. The second kappa shape index (κ2) is 6.76. The highest BCUT2D eigenvalue weighted by molar-refractivity contribution is 7.80. The summed E-state index contributed by atoms with van der Waals surface area (Å²) in [5, 5.41) is 7.94. The Morgan fingerprint density at radius 1 is 1.17 bits per heavy atom. The largest absolute Gasteiger partial charge is 0.366 e. The summed E-state index contributed by atoms with van der Waals surface area (Å²) >= 11 is 11.5. The van der Waals surface area contributed by atoms with Crippen LogP contribution in [-0.2, 0) is 6.42 Å². The van der Waals surface area contributed by atoms with Crippen LogP contribution in [0.3, 0.4) is 0 Å². The van der Waals surface area contributed by atoms with Gasteiger partial charge in [-0.05, 0) is 23.8 Å². The molecule has 0 atom stereocenters. The highest BCUT2D eigenvalue weighted by atomic mass is 35.5. The minimum absolute atomic E-state index is 0.157. The van der Waals surface area contributed by atoms with E-state index in [0.717, 1.165) is 11.3 Å². The smallest absolute Gasteiger partial charge is 0.241 e. The third-order valence-electron chi connectivity index (χ3n) is 3.14. The predicted molar refractivity (Wildman–Crippen MR) is 97.3 cm³/mol. The van der Waals surface area contributed by atoms with E-state index in [9.17, 15) is 0 Å². The molecule has 0 spiro atoms. The molecule has 1 aromatic heterocycles. The molecule has 0 aliphatic rings. The topological polar surface area (TPSA) is 68.8 Å². The lowest BCUT2D eigenvalue weighted by Crippen LogP contribution is -2.16. The highest BCUT2D eigenvalue weighted by Crippen LogP contribution is 2.20. The van der Waals surface area contributed by atoms with Crippen LogP contribution < -0.4 is 11.1 Å². The van der Waals surface area contributed by atoms with Gasteiger partial charge in [0.25, 0.3) is 0 Å². The van der Waals surface area contributed by atoms with Gasteiger partial charge in [-0.2, -0.15) is 9.67 Å². The van der Waals surface area contributed by atoms with Crippen LogP contribution in [0.5, 0.6) is 0 Å². The van der Waals surface area contributed by atoms with E-state index >= 15 is 0 Å². The van der Waals surface area contributed by atoms with Crippen molar-refractivity contribution in [2.45, 2.75) is 6.42 Å². The van der Waals surface area contributed by atoms with E-state index in [-0.39, 0.29) is 5.95 Å². The predicted octanol–water partition coefficient (Wildman–Crippen LogP) is 3.68. The minimum Gasteiger partial charge on any atom is -0.366 e. The van der Waals surface area contributed by atoms with Gasteiger partial charge in [0.15, 0.2) is 0 Å². The molecule has 116 valence electrons. The average molecular weight is 344 g/mol. The summed E-state index contributed by atoms with van der Waals surface area (Å²) in [6.45, 7) is 0. The van der Waals surface area contributed by atoms with Crippen molar-refractivity contribution < 1.29 is 0 Å². The van der Waals surface area contributed by atoms with Gasteiger partial charge < -0.3 is 11.1 Å². The van der Waals surface area contributed by atoms with Gasteiger partial charge in [-0.3, -0.25) is 0 Å². The Labute approximate surface area is 144 Å². The Bertz CT molecular complexity index is 831. The number of halogens is 1. The molecule has 0 aliphatic carbocycles. The van der Waals surface area contributed by atoms with Crippen molar-refractivity contribution in [1.82, 2.24) is 14.8 Å². The second-order valence-corrected chi connectivity index (χ2v) is 5.80. The Morgan fingerprint density at radius 3 is 2.70 bits per heavy atom.